The van der Waals surface area contributed by atoms with Crippen LogP contribution < -0.4 is 5.73 Å². The molecule has 0 aliphatic carbocycles. The predicted molar refractivity (Wildman–Crippen MR) is 79.3 cm³/mol. The van der Waals surface area contributed by atoms with Gasteiger partial charge in [-0.15, -0.1) is 0 Å². The van der Waals surface area contributed by atoms with Crippen LogP contribution in [-0.4, -0.2) is 34.8 Å². The predicted octanol–water partition coefficient (Wildman–Crippen LogP) is 1.11. The maximum Gasteiger partial charge on any atom is 0.223 e. The maximum absolute atomic E-state index is 11.9. The van der Waals surface area contributed by atoms with E-state index in [0.29, 0.717) is 13.1 Å². The summed E-state index contributed by atoms with van der Waals surface area (Å²) in [6.45, 7) is 1.03. The number of amides is 2. The number of para-hydroxylation sites is 1. The Kier molecular flexibility index (Phi) is 3.56. The Hall–Kier alpha value is -2.43. The molecule has 2 amide bonds. The van der Waals surface area contributed by atoms with Crippen LogP contribution >= 0.6 is 0 Å². The number of benzene rings is 1. The quantitative estimate of drug-likeness (QED) is 0.913. The Morgan fingerprint density at radius 3 is 2.90 bits per heavy atom. The molecule has 1 fully saturated rings. The van der Waals surface area contributed by atoms with Crippen molar-refractivity contribution in [1.82, 2.24) is 9.88 Å². The zero-order valence-corrected chi connectivity index (χ0v) is 11.7. The monoisotopic (exact) mass is 283 g/mol. The first kappa shape index (κ1) is 13.5. The Morgan fingerprint density at radius 2 is 2.14 bits per heavy atom. The van der Waals surface area contributed by atoms with Crippen molar-refractivity contribution >= 4 is 22.7 Å². The van der Waals surface area contributed by atoms with Crippen LogP contribution in [0.25, 0.3) is 10.9 Å². The summed E-state index contributed by atoms with van der Waals surface area (Å²) in [5, 5.41) is 1.10. The summed E-state index contributed by atoms with van der Waals surface area (Å²) in [7, 11) is 0. The Balaban J connectivity index is 1.73. The minimum Gasteiger partial charge on any atom is -0.369 e. The van der Waals surface area contributed by atoms with Gasteiger partial charge in [0, 0.05) is 31.1 Å². The van der Waals surface area contributed by atoms with E-state index in [1.165, 1.54) is 0 Å². The van der Waals surface area contributed by atoms with E-state index >= 15 is 0 Å². The fraction of sp³-hybridized carbons (Fsp3) is 0.312. The number of nitrogens with two attached hydrogens (primary N) is 1. The molecule has 2 heterocycles. The van der Waals surface area contributed by atoms with Gasteiger partial charge in [0.2, 0.25) is 11.8 Å². The minimum atomic E-state index is -0.391. The van der Waals surface area contributed by atoms with E-state index in [1.807, 2.05) is 30.3 Å². The van der Waals surface area contributed by atoms with Crippen molar-refractivity contribution in [2.75, 3.05) is 13.1 Å². The second kappa shape index (κ2) is 5.52. The van der Waals surface area contributed by atoms with Gasteiger partial charge in [-0.05, 0) is 18.1 Å². The van der Waals surface area contributed by atoms with Gasteiger partial charge in [-0.25, -0.2) is 0 Å². The largest absolute Gasteiger partial charge is 0.369 e. The lowest BCUT2D eigenvalue weighted by molar-refractivity contribution is -0.128. The number of carbonyl (C=O) groups is 2. The van der Waals surface area contributed by atoms with E-state index in [0.717, 1.165) is 22.9 Å². The number of likely N-dealkylation sites (tertiary alicyclic amines) is 1. The topological polar surface area (TPSA) is 76.3 Å². The SMILES string of the molecule is NC(=O)C1CC(=O)N(CCc2cccc3cccnc23)C1. The molecule has 1 saturated heterocycles. The molecule has 2 N–H and O–H groups in total. The molecule has 5 nitrogen and oxygen atoms in total. The molecular weight excluding hydrogens is 266 g/mol. The molecule has 1 unspecified atom stereocenters. The van der Waals surface area contributed by atoms with Gasteiger partial charge in [-0.2, -0.15) is 0 Å². The first-order valence-corrected chi connectivity index (χ1v) is 7.05. The summed E-state index contributed by atoms with van der Waals surface area (Å²) in [5.41, 5.74) is 7.36. The molecule has 3 rings (SSSR count). The molecule has 1 aromatic carbocycles. The summed E-state index contributed by atoms with van der Waals surface area (Å²) in [6, 6.07) is 9.98. The summed E-state index contributed by atoms with van der Waals surface area (Å²) in [4.78, 5) is 29.2. The smallest absolute Gasteiger partial charge is 0.223 e. The van der Waals surface area contributed by atoms with Crippen molar-refractivity contribution in [3.05, 3.63) is 42.1 Å². The third-order valence-electron chi connectivity index (χ3n) is 3.98. The molecule has 5 heteroatoms. The fourth-order valence-corrected chi connectivity index (χ4v) is 2.80. The van der Waals surface area contributed by atoms with Gasteiger partial charge >= 0.3 is 0 Å². The molecule has 21 heavy (non-hydrogen) atoms. The average molecular weight is 283 g/mol. The zero-order valence-electron chi connectivity index (χ0n) is 11.7. The van der Waals surface area contributed by atoms with Crippen LogP contribution in [0.2, 0.25) is 0 Å². The van der Waals surface area contributed by atoms with E-state index in [-0.39, 0.29) is 18.2 Å². The molecular formula is C16H17N3O2. The maximum atomic E-state index is 11.9. The van der Waals surface area contributed by atoms with Crippen LogP contribution in [0.5, 0.6) is 0 Å². The lowest BCUT2D eigenvalue weighted by Gasteiger charge is -2.16. The Labute approximate surface area is 122 Å². The molecule has 0 spiro atoms. The van der Waals surface area contributed by atoms with Crippen LogP contribution in [0, 0.1) is 5.92 Å². The van der Waals surface area contributed by atoms with Crippen molar-refractivity contribution < 1.29 is 9.59 Å². The molecule has 0 bridgehead atoms. The lowest BCUT2D eigenvalue weighted by atomic mass is 10.1. The van der Waals surface area contributed by atoms with E-state index in [1.54, 1.807) is 11.1 Å². The van der Waals surface area contributed by atoms with Crippen molar-refractivity contribution in [2.24, 2.45) is 11.7 Å². The van der Waals surface area contributed by atoms with Gasteiger partial charge in [-0.1, -0.05) is 24.3 Å². The minimum absolute atomic E-state index is 0.00648. The molecule has 0 radical (unpaired) electrons. The molecule has 0 saturated carbocycles. The summed E-state index contributed by atoms with van der Waals surface area (Å²) in [5.74, 6) is -0.729. The molecule has 1 aliphatic rings. The molecule has 1 aromatic heterocycles. The van der Waals surface area contributed by atoms with Gasteiger partial charge in [0.25, 0.3) is 0 Å². The number of rotatable bonds is 4. The highest BCUT2D eigenvalue weighted by atomic mass is 16.2. The van der Waals surface area contributed by atoms with Crippen LogP contribution in [0.15, 0.2) is 36.5 Å². The van der Waals surface area contributed by atoms with E-state index in [9.17, 15) is 9.59 Å². The van der Waals surface area contributed by atoms with Gasteiger partial charge in [0.1, 0.15) is 0 Å². The van der Waals surface area contributed by atoms with Crippen LogP contribution in [0.3, 0.4) is 0 Å². The first-order chi connectivity index (χ1) is 10.1. The molecule has 1 aliphatic heterocycles. The zero-order chi connectivity index (χ0) is 14.8. The second-order valence-corrected chi connectivity index (χ2v) is 5.39. The average Bonchev–Trinajstić information content (AvgIpc) is 2.86. The molecule has 2 aromatic rings. The Bertz CT molecular complexity index is 693. The molecule has 108 valence electrons. The van der Waals surface area contributed by atoms with Gasteiger partial charge in [0.05, 0.1) is 11.4 Å². The number of nitrogens with zero attached hydrogens (tertiary/aromatic N) is 2. The lowest BCUT2D eigenvalue weighted by Crippen LogP contribution is -2.30. The van der Waals surface area contributed by atoms with Crippen molar-refractivity contribution in [3.8, 4) is 0 Å². The first-order valence-electron chi connectivity index (χ1n) is 7.05. The number of carbonyl (C=O) groups excluding carboxylic acids is 2. The van der Waals surface area contributed by atoms with Gasteiger partial charge in [0.15, 0.2) is 0 Å². The fourth-order valence-electron chi connectivity index (χ4n) is 2.80. The van der Waals surface area contributed by atoms with E-state index < -0.39 is 5.91 Å². The number of primary amides is 1. The summed E-state index contributed by atoms with van der Waals surface area (Å²) < 4.78 is 0. The van der Waals surface area contributed by atoms with Crippen molar-refractivity contribution in [1.29, 1.82) is 0 Å². The highest BCUT2D eigenvalue weighted by molar-refractivity contribution is 5.88. The third kappa shape index (κ3) is 2.72. The number of hydrogen-bond donors (Lipinski definition) is 1. The number of hydrogen-bond acceptors (Lipinski definition) is 3. The van der Waals surface area contributed by atoms with Crippen LogP contribution in [-0.2, 0) is 16.0 Å². The van der Waals surface area contributed by atoms with Crippen molar-refractivity contribution in [2.45, 2.75) is 12.8 Å². The van der Waals surface area contributed by atoms with E-state index in [4.69, 9.17) is 5.73 Å². The van der Waals surface area contributed by atoms with Gasteiger partial charge in [-0.3, -0.25) is 14.6 Å². The van der Waals surface area contributed by atoms with Gasteiger partial charge < -0.3 is 10.6 Å². The third-order valence-corrected chi connectivity index (χ3v) is 3.98. The highest BCUT2D eigenvalue weighted by Crippen LogP contribution is 2.20. The van der Waals surface area contributed by atoms with Crippen molar-refractivity contribution in [3.63, 3.8) is 0 Å². The Morgan fingerprint density at radius 1 is 1.33 bits per heavy atom. The van der Waals surface area contributed by atoms with Crippen LogP contribution in [0.1, 0.15) is 12.0 Å². The summed E-state index contributed by atoms with van der Waals surface area (Å²) >= 11 is 0. The standard InChI is InChI=1S/C16H17N3O2/c17-16(21)13-9-14(20)19(10-13)8-6-12-4-1-3-11-5-2-7-18-15(11)12/h1-5,7,13H,6,8-10H2,(H2,17,21). The second-order valence-electron chi connectivity index (χ2n) is 5.39. The summed E-state index contributed by atoms with van der Waals surface area (Å²) in [6.07, 6.45) is 2.74. The molecule has 1 atom stereocenters. The highest BCUT2D eigenvalue weighted by Gasteiger charge is 2.32. The number of pyridine rings is 1. The van der Waals surface area contributed by atoms with E-state index in [2.05, 4.69) is 4.98 Å². The number of aromatic nitrogens is 1. The van der Waals surface area contributed by atoms with Crippen LogP contribution in [0.4, 0.5) is 0 Å². The number of fused-ring (bicyclic) bond motifs is 1. The normalized spacial score (nSPS) is 18.4.